The van der Waals surface area contributed by atoms with Crippen LogP contribution in [0.1, 0.15) is 13.3 Å². The average molecular weight is 355 g/mol. The summed E-state index contributed by atoms with van der Waals surface area (Å²) in [7, 11) is -4.78. The number of carboxylic acid groups (broad SMARTS) is 1. The molecule has 0 radical (unpaired) electrons. The Morgan fingerprint density at radius 1 is 1.26 bits per heavy atom. The zero-order chi connectivity index (χ0) is 18.2. The molecule has 23 heavy (non-hydrogen) atoms. The number of carboxylic acids is 1. The third-order valence-corrected chi connectivity index (χ3v) is 2.88. The molecule has 0 rings (SSSR count). The van der Waals surface area contributed by atoms with Gasteiger partial charge in [-0.05, 0) is 6.92 Å². The minimum atomic E-state index is -4.78. The van der Waals surface area contributed by atoms with Gasteiger partial charge >= 0.3 is 13.8 Å². The van der Waals surface area contributed by atoms with Crippen LogP contribution in [0.4, 0.5) is 0 Å². The van der Waals surface area contributed by atoms with E-state index in [9.17, 15) is 23.7 Å². The van der Waals surface area contributed by atoms with Gasteiger partial charge in [-0.1, -0.05) is 0 Å². The summed E-state index contributed by atoms with van der Waals surface area (Å²) >= 11 is 0. The second-order valence-electron chi connectivity index (χ2n) is 4.47. The lowest BCUT2D eigenvalue weighted by atomic mass is 10.2. The third kappa shape index (κ3) is 9.71. The molecule has 132 valence electrons. The van der Waals surface area contributed by atoms with E-state index >= 15 is 0 Å². The Kier molecular flexibility index (Phi) is 8.58. The monoisotopic (exact) mass is 355 g/mol. The predicted octanol–water partition coefficient (Wildman–Crippen LogP) is -2.91. The third-order valence-electron chi connectivity index (χ3n) is 2.40. The Morgan fingerprint density at radius 2 is 1.83 bits per heavy atom. The molecule has 0 fully saturated rings. The smallest absolute Gasteiger partial charge is 0.469 e. The van der Waals surface area contributed by atoms with Gasteiger partial charge in [-0.2, -0.15) is 0 Å². The number of nitrogens with two attached hydrogens (primary N) is 1. The van der Waals surface area contributed by atoms with Gasteiger partial charge in [0, 0.05) is 0 Å². The molecule has 0 heterocycles. The lowest BCUT2D eigenvalue weighted by Crippen LogP contribution is -2.53. The van der Waals surface area contributed by atoms with Gasteiger partial charge in [-0.15, -0.1) is 0 Å². The number of nitrogens with one attached hydrogen (secondary N) is 2. The molecule has 12 nitrogen and oxygen atoms in total. The fourth-order valence-corrected chi connectivity index (χ4v) is 1.62. The SMILES string of the molecule is C[C@H](NC(=O)[C@@H](N)COP(=O)(O)O)C(=O)N[C@H](C=O)CC(=O)O. The molecule has 0 saturated heterocycles. The molecule has 0 saturated carbocycles. The first-order valence-electron chi connectivity index (χ1n) is 6.19. The van der Waals surface area contributed by atoms with Crippen molar-refractivity contribution in [1.82, 2.24) is 10.6 Å². The van der Waals surface area contributed by atoms with Crippen molar-refractivity contribution >= 4 is 31.9 Å². The van der Waals surface area contributed by atoms with Gasteiger partial charge in [-0.3, -0.25) is 18.9 Å². The molecular formula is C10H18N3O9P. The van der Waals surface area contributed by atoms with Gasteiger partial charge < -0.3 is 36.1 Å². The quantitative estimate of drug-likeness (QED) is 0.174. The van der Waals surface area contributed by atoms with Gasteiger partial charge in [0.15, 0.2) is 0 Å². The highest BCUT2D eigenvalue weighted by molar-refractivity contribution is 7.46. The molecule has 7 N–H and O–H groups in total. The first-order valence-corrected chi connectivity index (χ1v) is 7.72. The van der Waals surface area contributed by atoms with E-state index in [2.05, 4.69) is 15.2 Å². The standard InChI is InChI=1S/C10H18N3O9P/c1-5(9(17)13-6(3-14)2-8(15)16)12-10(18)7(11)4-22-23(19,20)21/h3,5-7H,2,4,11H2,1H3,(H,12,18)(H,13,17)(H,15,16)(H2,19,20,21)/t5-,6-,7-/m0/s1. The largest absolute Gasteiger partial charge is 0.481 e. The second kappa shape index (κ2) is 9.33. The molecule has 13 heteroatoms. The summed E-state index contributed by atoms with van der Waals surface area (Å²) in [6.45, 7) is 0.465. The van der Waals surface area contributed by atoms with E-state index in [4.69, 9.17) is 20.6 Å². The minimum Gasteiger partial charge on any atom is -0.481 e. The van der Waals surface area contributed by atoms with Crippen LogP contribution >= 0.6 is 7.82 Å². The summed E-state index contributed by atoms with van der Waals surface area (Å²) in [5.41, 5.74) is 5.32. The minimum absolute atomic E-state index is 0.236. The number of amides is 2. The van der Waals surface area contributed by atoms with Crippen molar-refractivity contribution in [3.05, 3.63) is 0 Å². The molecule has 0 aromatic rings. The van der Waals surface area contributed by atoms with E-state index in [-0.39, 0.29) is 6.29 Å². The number of phosphoric ester groups is 1. The molecule has 0 aromatic heterocycles. The van der Waals surface area contributed by atoms with Gasteiger partial charge in [0.05, 0.1) is 19.1 Å². The summed E-state index contributed by atoms with van der Waals surface area (Å²) < 4.78 is 14.5. The number of aliphatic carboxylic acids is 1. The van der Waals surface area contributed by atoms with Crippen molar-refractivity contribution in [3.63, 3.8) is 0 Å². The molecule has 0 unspecified atom stereocenters. The molecule has 0 bridgehead atoms. The Morgan fingerprint density at radius 3 is 2.26 bits per heavy atom. The van der Waals surface area contributed by atoms with E-state index in [1.807, 2.05) is 0 Å². The maximum absolute atomic E-state index is 11.7. The number of rotatable bonds is 10. The van der Waals surface area contributed by atoms with Gasteiger partial charge in [-0.25, -0.2) is 4.57 Å². The van der Waals surface area contributed by atoms with E-state index in [1.165, 1.54) is 6.92 Å². The van der Waals surface area contributed by atoms with Crippen molar-refractivity contribution in [2.45, 2.75) is 31.5 Å². The highest BCUT2D eigenvalue weighted by atomic mass is 31.2. The van der Waals surface area contributed by atoms with Crippen LogP contribution in [0.5, 0.6) is 0 Å². The van der Waals surface area contributed by atoms with Crippen LogP contribution in [-0.4, -0.2) is 63.7 Å². The molecule has 3 atom stereocenters. The van der Waals surface area contributed by atoms with Gasteiger partial charge in [0.25, 0.3) is 0 Å². The van der Waals surface area contributed by atoms with Crippen LogP contribution in [0.3, 0.4) is 0 Å². The lowest BCUT2D eigenvalue weighted by Gasteiger charge is -2.19. The highest BCUT2D eigenvalue weighted by Gasteiger charge is 2.25. The summed E-state index contributed by atoms with van der Waals surface area (Å²) in [6.07, 6.45) is -0.383. The van der Waals surface area contributed by atoms with Crippen molar-refractivity contribution in [2.75, 3.05) is 6.61 Å². The fourth-order valence-electron chi connectivity index (χ4n) is 1.27. The molecular weight excluding hydrogens is 337 g/mol. The predicted molar refractivity (Wildman–Crippen MR) is 73.8 cm³/mol. The van der Waals surface area contributed by atoms with Crippen LogP contribution in [0.25, 0.3) is 0 Å². The first kappa shape index (κ1) is 21.1. The lowest BCUT2D eigenvalue weighted by molar-refractivity contribution is -0.139. The summed E-state index contributed by atoms with van der Waals surface area (Å²) in [5, 5.41) is 12.8. The summed E-state index contributed by atoms with van der Waals surface area (Å²) in [4.78, 5) is 61.3. The summed E-state index contributed by atoms with van der Waals surface area (Å²) in [5.74, 6) is -3.06. The van der Waals surface area contributed by atoms with E-state index in [0.717, 1.165) is 0 Å². The van der Waals surface area contributed by atoms with Crippen molar-refractivity contribution in [1.29, 1.82) is 0 Å². The number of phosphoric acid groups is 1. The molecule has 0 spiro atoms. The molecule has 0 aliphatic heterocycles. The number of carbonyl (C=O) groups is 4. The molecule has 2 amide bonds. The second-order valence-corrected chi connectivity index (χ2v) is 5.71. The number of hydrogen-bond acceptors (Lipinski definition) is 7. The van der Waals surface area contributed by atoms with Crippen LogP contribution in [0, 0.1) is 0 Å². The van der Waals surface area contributed by atoms with Gasteiger partial charge in [0.2, 0.25) is 11.8 Å². The van der Waals surface area contributed by atoms with Crippen LogP contribution in [0.15, 0.2) is 0 Å². The van der Waals surface area contributed by atoms with Crippen LogP contribution in [-0.2, 0) is 28.3 Å². The molecule has 0 aromatic carbocycles. The van der Waals surface area contributed by atoms with Gasteiger partial charge in [0.1, 0.15) is 18.4 Å². The highest BCUT2D eigenvalue weighted by Crippen LogP contribution is 2.35. The zero-order valence-corrected chi connectivity index (χ0v) is 12.9. The van der Waals surface area contributed by atoms with Crippen LogP contribution in [0.2, 0.25) is 0 Å². The molecule has 0 aliphatic carbocycles. The van der Waals surface area contributed by atoms with Crippen LogP contribution < -0.4 is 16.4 Å². The van der Waals surface area contributed by atoms with Crippen molar-refractivity contribution < 1.29 is 43.2 Å². The van der Waals surface area contributed by atoms with E-state index in [0.29, 0.717) is 0 Å². The molecule has 0 aliphatic rings. The van der Waals surface area contributed by atoms with E-state index < -0.39 is 56.8 Å². The number of carbonyl (C=O) groups excluding carboxylic acids is 3. The number of aldehydes is 1. The maximum atomic E-state index is 11.7. The number of hydrogen-bond donors (Lipinski definition) is 6. The Labute approximate surface area is 130 Å². The normalized spacial score (nSPS) is 15.1. The van der Waals surface area contributed by atoms with Crippen molar-refractivity contribution in [3.8, 4) is 0 Å². The Bertz CT molecular complexity index is 506. The fraction of sp³-hybridized carbons (Fsp3) is 0.600. The first-order chi connectivity index (χ1) is 10.5. The maximum Gasteiger partial charge on any atom is 0.469 e. The topological polar surface area (TPSA) is 205 Å². The Balaban J connectivity index is 4.44. The van der Waals surface area contributed by atoms with Crippen molar-refractivity contribution in [2.24, 2.45) is 5.73 Å². The average Bonchev–Trinajstić information content (AvgIpc) is 2.42. The Hall–Kier alpha value is -1.85. The van der Waals surface area contributed by atoms with E-state index in [1.54, 1.807) is 0 Å². The zero-order valence-electron chi connectivity index (χ0n) is 12.0. The summed E-state index contributed by atoms with van der Waals surface area (Å²) in [6, 6.07) is -3.87.